The van der Waals surface area contributed by atoms with Crippen LogP contribution in [0.3, 0.4) is 0 Å². The van der Waals surface area contributed by atoms with E-state index in [4.69, 9.17) is 5.11 Å². The molecule has 0 aliphatic carbocycles. The fraction of sp³-hybridized carbons (Fsp3) is 0.500. The number of benzene rings is 1. The van der Waals surface area contributed by atoms with Crippen molar-refractivity contribution in [2.24, 2.45) is 0 Å². The second-order valence-electron chi connectivity index (χ2n) is 4.04. The van der Waals surface area contributed by atoms with E-state index in [9.17, 15) is 4.79 Å². The molecule has 0 aliphatic rings. The molecule has 17 heavy (non-hydrogen) atoms. The van der Waals surface area contributed by atoms with Gasteiger partial charge in [-0.3, -0.25) is 4.79 Å². The van der Waals surface area contributed by atoms with E-state index >= 15 is 0 Å². The molecule has 1 N–H and O–H groups in total. The second kappa shape index (κ2) is 7.85. The maximum atomic E-state index is 11.8. The summed E-state index contributed by atoms with van der Waals surface area (Å²) in [5, 5.41) is 8.83. The Bertz CT molecular complexity index is 324. The molecule has 0 saturated heterocycles. The number of hydrogen-bond donors (Lipinski definition) is 1. The van der Waals surface area contributed by atoms with Crippen molar-refractivity contribution in [3.05, 3.63) is 35.9 Å². The van der Waals surface area contributed by atoms with Crippen LogP contribution in [-0.4, -0.2) is 35.6 Å². The number of amides is 1. The van der Waals surface area contributed by atoms with Crippen LogP contribution in [0.2, 0.25) is 0 Å². The van der Waals surface area contributed by atoms with Crippen LogP contribution in [0.15, 0.2) is 30.3 Å². The van der Waals surface area contributed by atoms with Crippen molar-refractivity contribution in [1.29, 1.82) is 0 Å². The van der Waals surface area contributed by atoms with Crippen LogP contribution < -0.4 is 0 Å². The van der Waals surface area contributed by atoms with Gasteiger partial charge in [0, 0.05) is 19.5 Å². The molecule has 94 valence electrons. The summed E-state index contributed by atoms with van der Waals surface area (Å²) in [5.74, 6) is 0.137. The third-order valence-corrected chi connectivity index (χ3v) is 2.80. The van der Waals surface area contributed by atoms with Gasteiger partial charge in [0.25, 0.3) is 0 Å². The average molecular weight is 235 g/mol. The molecule has 3 heteroatoms. The number of likely N-dealkylation sites (N-methyl/N-ethyl adjacent to an activating group) is 1. The highest BCUT2D eigenvalue weighted by Crippen LogP contribution is 2.06. The van der Waals surface area contributed by atoms with Gasteiger partial charge in [0.05, 0.1) is 6.61 Å². The lowest BCUT2D eigenvalue weighted by atomic mass is 10.1. The minimum absolute atomic E-state index is 0.0399. The second-order valence-corrected chi connectivity index (χ2v) is 4.04. The molecule has 0 fully saturated rings. The molecule has 3 nitrogen and oxygen atoms in total. The molecule has 0 atom stereocenters. The van der Waals surface area contributed by atoms with Gasteiger partial charge in [0.2, 0.25) is 5.91 Å². The number of nitrogens with zero attached hydrogens (tertiary/aromatic N) is 1. The quantitative estimate of drug-likeness (QED) is 0.783. The summed E-state index contributed by atoms with van der Waals surface area (Å²) in [6.45, 7) is 3.09. The van der Waals surface area contributed by atoms with Gasteiger partial charge >= 0.3 is 0 Å². The molecule has 0 heterocycles. The molecule has 1 rings (SSSR count). The third-order valence-electron chi connectivity index (χ3n) is 2.80. The zero-order chi connectivity index (χ0) is 12.5. The number of hydrogen-bond acceptors (Lipinski definition) is 2. The Kier molecular flexibility index (Phi) is 6.33. The van der Waals surface area contributed by atoms with Crippen molar-refractivity contribution in [1.82, 2.24) is 4.90 Å². The lowest BCUT2D eigenvalue weighted by molar-refractivity contribution is -0.131. The zero-order valence-corrected chi connectivity index (χ0v) is 10.4. The predicted molar refractivity (Wildman–Crippen MR) is 68.7 cm³/mol. The minimum atomic E-state index is 0.0399. The highest BCUT2D eigenvalue weighted by Gasteiger charge is 2.09. The van der Waals surface area contributed by atoms with Gasteiger partial charge in [-0.2, -0.15) is 0 Å². The number of rotatable bonds is 7. The molecule has 0 spiro atoms. The summed E-state index contributed by atoms with van der Waals surface area (Å²) >= 11 is 0. The Morgan fingerprint density at radius 2 is 2.00 bits per heavy atom. The molecule has 0 bridgehead atoms. The molecule has 0 aromatic heterocycles. The summed E-state index contributed by atoms with van der Waals surface area (Å²) in [5.41, 5.74) is 1.27. The van der Waals surface area contributed by atoms with E-state index in [-0.39, 0.29) is 12.5 Å². The third kappa shape index (κ3) is 5.00. The van der Waals surface area contributed by atoms with E-state index in [0.29, 0.717) is 19.5 Å². The summed E-state index contributed by atoms with van der Waals surface area (Å²) in [7, 11) is 0. The van der Waals surface area contributed by atoms with Crippen LogP contribution in [-0.2, 0) is 11.2 Å². The maximum absolute atomic E-state index is 11.8. The van der Waals surface area contributed by atoms with Crippen molar-refractivity contribution >= 4 is 5.91 Å². The standard InChI is InChI=1S/C14H21NO2/c1-2-15(11-12-16)14(17)10-6-9-13-7-4-3-5-8-13/h3-5,7-8,16H,2,6,9-12H2,1H3. The Morgan fingerprint density at radius 1 is 1.29 bits per heavy atom. The summed E-state index contributed by atoms with van der Waals surface area (Å²) < 4.78 is 0. The van der Waals surface area contributed by atoms with E-state index in [1.807, 2.05) is 25.1 Å². The molecule has 1 aromatic carbocycles. The normalized spacial score (nSPS) is 10.2. The van der Waals surface area contributed by atoms with Gasteiger partial charge in [-0.25, -0.2) is 0 Å². The fourth-order valence-corrected chi connectivity index (χ4v) is 1.83. The first-order valence-corrected chi connectivity index (χ1v) is 6.20. The van der Waals surface area contributed by atoms with Gasteiger partial charge in [-0.1, -0.05) is 30.3 Å². The van der Waals surface area contributed by atoms with Gasteiger partial charge in [-0.05, 0) is 25.3 Å². The smallest absolute Gasteiger partial charge is 0.222 e. The van der Waals surface area contributed by atoms with Crippen LogP contribution >= 0.6 is 0 Å². The van der Waals surface area contributed by atoms with E-state index in [2.05, 4.69) is 12.1 Å². The van der Waals surface area contributed by atoms with Crippen LogP contribution in [0.4, 0.5) is 0 Å². The largest absolute Gasteiger partial charge is 0.395 e. The van der Waals surface area contributed by atoms with Gasteiger partial charge in [0.1, 0.15) is 0 Å². The lowest BCUT2D eigenvalue weighted by Gasteiger charge is -2.19. The Hall–Kier alpha value is -1.35. The van der Waals surface area contributed by atoms with E-state index in [0.717, 1.165) is 12.8 Å². The topological polar surface area (TPSA) is 40.5 Å². The summed E-state index contributed by atoms with van der Waals surface area (Å²) in [4.78, 5) is 13.5. The summed E-state index contributed by atoms with van der Waals surface area (Å²) in [6, 6.07) is 10.2. The number of aryl methyl sites for hydroxylation is 1. The van der Waals surface area contributed by atoms with E-state index in [1.54, 1.807) is 4.90 Å². The molecule has 0 radical (unpaired) electrons. The highest BCUT2D eigenvalue weighted by molar-refractivity contribution is 5.76. The fourth-order valence-electron chi connectivity index (χ4n) is 1.83. The van der Waals surface area contributed by atoms with E-state index < -0.39 is 0 Å². The van der Waals surface area contributed by atoms with Crippen molar-refractivity contribution < 1.29 is 9.90 Å². The lowest BCUT2D eigenvalue weighted by Crippen LogP contribution is -2.33. The van der Waals surface area contributed by atoms with Gasteiger partial charge in [0.15, 0.2) is 0 Å². The first-order valence-electron chi connectivity index (χ1n) is 6.20. The minimum Gasteiger partial charge on any atom is -0.395 e. The molecular formula is C14H21NO2. The van der Waals surface area contributed by atoms with Crippen molar-refractivity contribution in [3.8, 4) is 0 Å². The van der Waals surface area contributed by atoms with Crippen LogP contribution in [0.1, 0.15) is 25.3 Å². The maximum Gasteiger partial charge on any atom is 0.222 e. The SMILES string of the molecule is CCN(CCO)C(=O)CCCc1ccccc1. The predicted octanol–water partition coefficient (Wildman–Crippen LogP) is 1.85. The molecule has 0 unspecified atom stereocenters. The van der Waals surface area contributed by atoms with Crippen molar-refractivity contribution in [2.75, 3.05) is 19.7 Å². The zero-order valence-electron chi connectivity index (χ0n) is 10.4. The van der Waals surface area contributed by atoms with Crippen LogP contribution in [0, 0.1) is 0 Å². The van der Waals surface area contributed by atoms with Crippen molar-refractivity contribution in [3.63, 3.8) is 0 Å². The average Bonchev–Trinajstić information content (AvgIpc) is 2.37. The molecule has 0 saturated carbocycles. The van der Waals surface area contributed by atoms with Crippen LogP contribution in [0.5, 0.6) is 0 Å². The van der Waals surface area contributed by atoms with Crippen LogP contribution in [0.25, 0.3) is 0 Å². The molecule has 1 aromatic rings. The first kappa shape index (κ1) is 13.7. The van der Waals surface area contributed by atoms with Gasteiger partial charge in [-0.15, -0.1) is 0 Å². The Labute approximate surface area is 103 Å². The highest BCUT2D eigenvalue weighted by atomic mass is 16.3. The summed E-state index contributed by atoms with van der Waals surface area (Å²) in [6.07, 6.45) is 2.36. The number of aliphatic hydroxyl groups excluding tert-OH is 1. The Morgan fingerprint density at radius 3 is 2.59 bits per heavy atom. The molecule has 0 aliphatic heterocycles. The van der Waals surface area contributed by atoms with Gasteiger partial charge < -0.3 is 10.0 Å². The van der Waals surface area contributed by atoms with Crippen molar-refractivity contribution in [2.45, 2.75) is 26.2 Å². The number of carbonyl (C=O) groups is 1. The number of carbonyl (C=O) groups excluding carboxylic acids is 1. The molecular weight excluding hydrogens is 214 g/mol. The number of aliphatic hydroxyl groups is 1. The Balaban J connectivity index is 2.28. The monoisotopic (exact) mass is 235 g/mol. The molecule has 1 amide bonds. The van der Waals surface area contributed by atoms with E-state index in [1.165, 1.54) is 5.56 Å². The first-order chi connectivity index (χ1) is 8.27.